The largest absolute Gasteiger partial charge is 0.396 e. The molecule has 2 nitrogen and oxygen atoms in total. The number of aliphatic hydroxyl groups excluding tert-OH is 1. The van der Waals surface area contributed by atoms with Crippen LogP contribution >= 0.6 is 0 Å². The smallest absolute Gasteiger partial charge is 0.0677 e. The summed E-state index contributed by atoms with van der Waals surface area (Å²) in [5.41, 5.74) is 1.33. The molecule has 0 aliphatic heterocycles. The van der Waals surface area contributed by atoms with E-state index >= 15 is 0 Å². The summed E-state index contributed by atoms with van der Waals surface area (Å²) >= 11 is 0. The summed E-state index contributed by atoms with van der Waals surface area (Å²) in [6.07, 6.45) is 6.79. The van der Waals surface area contributed by atoms with Crippen LogP contribution in [-0.2, 0) is 4.74 Å². The molecule has 0 spiro atoms. The standard InChI is InChI=1S/C22H28O2/c1-22(2)13-12-18(20(15-23)21(22)24-3)11-9-16-8-10-17-6-4-5-7-19(17)14-16/h4-11,14,18,20-21,23H,12-13,15H2,1-3H3. The average Bonchev–Trinajstić information content (AvgIpc) is 2.59. The van der Waals surface area contributed by atoms with Gasteiger partial charge in [0.15, 0.2) is 0 Å². The molecule has 2 aromatic carbocycles. The normalized spacial score (nSPS) is 26.9. The molecular formula is C22H28O2. The number of aliphatic hydroxyl groups is 1. The van der Waals surface area contributed by atoms with Gasteiger partial charge < -0.3 is 9.84 Å². The van der Waals surface area contributed by atoms with Gasteiger partial charge in [-0.1, -0.05) is 62.4 Å². The predicted octanol–water partition coefficient (Wildman–Crippen LogP) is 4.91. The number of methoxy groups -OCH3 is 1. The number of fused-ring (bicyclic) bond motifs is 1. The van der Waals surface area contributed by atoms with E-state index < -0.39 is 0 Å². The Morgan fingerprint density at radius 3 is 2.62 bits per heavy atom. The van der Waals surface area contributed by atoms with Gasteiger partial charge in [0.25, 0.3) is 0 Å². The van der Waals surface area contributed by atoms with Crippen molar-refractivity contribution >= 4 is 16.8 Å². The number of rotatable bonds is 4. The Hall–Kier alpha value is -1.64. The molecule has 1 saturated carbocycles. The minimum absolute atomic E-state index is 0.0995. The molecule has 2 heteroatoms. The molecule has 0 bridgehead atoms. The van der Waals surface area contributed by atoms with Crippen molar-refractivity contribution in [3.05, 3.63) is 54.1 Å². The van der Waals surface area contributed by atoms with E-state index in [0.717, 1.165) is 12.8 Å². The lowest BCUT2D eigenvalue weighted by molar-refractivity contribution is -0.0911. The quantitative estimate of drug-likeness (QED) is 0.865. The molecule has 0 saturated heterocycles. The minimum atomic E-state index is 0.0995. The van der Waals surface area contributed by atoms with Gasteiger partial charge in [-0.3, -0.25) is 0 Å². The van der Waals surface area contributed by atoms with Crippen molar-refractivity contribution in [2.24, 2.45) is 17.3 Å². The highest BCUT2D eigenvalue weighted by molar-refractivity contribution is 5.84. The summed E-state index contributed by atoms with van der Waals surface area (Å²) in [5.74, 6) is 0.523. The van der Waals surface area contributed by atoms with Gasteiger partial charge in [-0.25, -0.2) is 0 Å². The zero-order valence-electron chi connectivity index (χ0n) is 14.9. The molecule has 1 fully saturated rings. The maximum Gasteiger partial charge on any atom is 0.0677 e. The predicted molar refractivity (Wildman–Crippen MR) is 101 cm³/mol. The van der Waals surface area contributed by atoms with E-state index in [1.807, 2.05) is 0 Å². The van der Waals surface area contributed by atoms with Gasteiger partial charge in [-0.15, -0.1) is 0 Å². The van der Waals surface area contributed by atoms with Crippen LogP contribution in [0, 0.1) is 17.3 Å². The SMILES string of the molecule is COC1C(CO)C(C=Cc2ccc3ccccc3c2)CCC1(C)C. The first-order valence-electron chi connectivity index (χ1n) is 8.86. The van der Waals surface area contributed by atoms with Crippen LogP contribution in [-0.4, -0.2) is 24.9 Å². The van der Waals surface area contributed by atoms with Crippen molar-refractivity contribution in [2.75, 3.05) is 13.7 Å². The lowest BCUT2D eigenvalue weighted by Crippen LogP contribution is -2.46. The third-order valence-corrected chi connectivity index (χ3v) is 5.61. The molecule has 1 aliphatic carbocycles. The van der Waals surface area contributed by atoms with Crippen molar-refractivity contribution in [3.63, 3.8) is 0 Å². The zero-order valence-corrected chi connectivity index (χ0v) is 14.9. The lowest BCUT2D eigenvalue weighted by Gasteiger charge is -2.45. The minimum Gasteiger partial charge on any atom is -0.396 e. The van der Waals surface area contributed by atoms with Crippen molar-refractivity contribution < 1.29 is 9.84 Å². The maximum absolute atomic E-state index is 9.92. The molecule has 0 aromatic heterocycles. The molecule has 0 radical (unpaired) electrons. The Balaban J connectivity index is 1.81. The van der Waals surface area contributed by atoms with E-state index in [-0.39, 0.29) is 24.0 Å². The summed E-state index contributed by atoms with van der Waals surface area (Å²) in [7, 11) is 1.77. The summed E-state index contributed by atoms with van der Waals surface area (Å²) < 4.78 is 5.76. The first kappa shape index (κ1) is 17.2. The highest BCUT2D eigenvalue weighted by Crippen LogP contribution is 2.44. The Labute approximate surface area is 145 Å². The zero-order chi connectivity index (χ0) is 17.2. The molecule has 3 atom stereocenters. The van der Waals surface area contributed by atoms with Gasteiger partial charge in [0.1, 0.15) is 0 Å². The summed E-state index contributed by atoms with van der Waals surface area (Å²) in [6.45, 7) is 4.66. The number of hydrogen-bond donors (Lipinski definition) is 1. The van der Waals surface area contributed by atoms with E-state index in [1.165, 1.54) is 16.3 Å². The highest BCUT2D eigenvalue weighted by atomic mass is 16.5. The van der Waals surface area contributed by atoms with Gasteiger partial charge in [0.2, 0.25) is 0 Å². The fraction of sp³-hybridized carbons (Fsp3) is 0.455. The van der Waals surface area contributed by atoms with Gasteiger partial charge in [-0.2, -0.15) is 0 Å². The van der Waals surface area contributed by atoms with Gasteiger partial charge in [0, 0.05) is 19.6 Å². The van der Waals surface area contributed by atoms with Crippen LogP contribution in [0.4, 0.5) is 0 Å². The monoisotopic (exact) mass is 324 g/mol. The van der Waals surface area contributed by atoms with Crippen molar-refractivity contribution in [1.82, 2.24) is 0 Å². The molecule has 0 amide bonds. The fourth-order valence-corrected chi connectivity index (χ4v) is 4.21. The van der Waals surface area contributed by atoms with Crippen LogP contribution in [0.5, 0.6) is 0 Å². The lowest BCUT2D eigenvalue weighted by atomic mass is 9.65. The van der Waals surface area contributed by atoms with E-state index in [0.29, 0.717) is 5.92 Å². The number of benzene rings is 2. The number of ether oxygens (including phenoxy) is 1. The molecule has 0 heterocycles. The van der Waals surface area contributed by atoms with Crippen molar-refractivity contribution in [1.29, 1.82) is 0 Å². The third-order valence-electron chi connectivity index (χ3n) is 5.61. The second kappa shape index (κ2) is 7.08. The van der Waals surface area contributed by atoms with Crippen molar-refractivity contribution in [2.45, 2.75) is 32.8 Å². The van der Waals surface area contributed by atoms with E-state index in [9.17, 15) is 5.11 Å². The van der Waals surface area contributed by atoms with Gasteiger partial charge in [0.05, 0.1) is 6.10 Å². The fourth-order valence-electron chi connectivity index (χ4n) is 4.21. The van der Waals surface area contributed by atoms with Crippen LogP contribution < -0.4 is 0 Å². The summed E-state index contributed by atoms with van der Waals surface area (Å²) in [6, 6.07) is 15.0. The second-order valence-electron chi connectivity index (χ2n) is 7.66. The third kappa shape index (κ3) is 3.40. The van der Waals surface area contributed by atoms with Crippen LogP contribution in [0.25, 0.3) is 16.8 Å². The molecule has 3 unspecified atom stereocenters. The van der Waals surface area contributed by atoms with Crippen LogP contribution in [0.2, 0.25) is 0 Å². The number of allylic oxidation sites excluding steroid dienone is 1. The molecule has 1 N–H and O–H groups in total. The molecular weight excluding hydrogens is 296 g/mol. The highest BCUT2D eigenvalue weighted by Gasteiger charge is 2.43. The van der Waals surface area contributed by atoms with Gasteiger partial charge >= 0.3 is 0 Å². The molecule has 3 rings (SSSR count). The first-order chi connectivity index (χ1) is 11.5. The summed E-state index contributed by atoms with van der Waals surface area (Å²) in [5, 5.41) is 12.4. The molecule has 128 valence electrons. The topological polar surface area (TPSA) is 29.5 Å². The Morgan fingerprint density at radius 1 is 1.17 bits per heavy atom. The Morgan fingerprint density at radius 2 is 1.92 bits per heavy atom. The van der Waals surface area contributed by atoms with Crippen LogP contribution in [0.3, 0.4) is 0 Å². The van der Waals surface area contributed by atoms with Crippen molar-refractivity contribution in [3.8, 4) is 0 Å². The molecule has 2 aromatic rings. The summed E-state index contributed by atoms with van der Waals surface area (Å²) in [4.78, 5) is 0. The molecule has 24 heavy (non-hydrogen) atoms. The average molecular weight is 324 g/mol. The van der Waals surface area contributed by atoms with Crippen LogP contribution in [0.1, 0.15) is 32.3 Å². The second-order valence-corrected chi connectivity index (χ2v) is 7.66. The number of hydrogen-bond acceptors (Lipinski definition) is 2. The maximum atomic E-state index is 9.92. The Kier molecular flexibility index (Phi) is 5.07. The first-order valence-corrected chi connectivity index (χ1v) is 8.86. The van der Waals surface area contributed by atoms with Gasteiger partial charge in [-0.05, 0) is 46.6 Å². The van der Waals surface area contributed by atoms with E-state index in [2.05, 4.69) is 68.5 Å². The van der Waals surface area contributed by atoms with E-state index in [1.54, 1.807) is 7.11 Å². The van der Waals surface area contributed by atoms with E-state index in [4.69, 9.17) is 4.74 Å². The molecule has 1 aliphatic rings. The van der Waals surface area contributed by atoms with Crippen LogP contribution in [0.15, 0.2) is 48.5 Å². The Bertz CT molecular complexity index is 717.